The molecule has 0 spiro atoms. The number of rotatable bonds is 6. The van der Waals surface area contributed by atoms with Gasteiger partial charge in [-0.3, -0.25) is 4.79 Å². The highest BCUT2D eigenvalue weighted by Gasteiger charge is 2.15. The van der Waals surface area contributed by atoms with Crippen molar-refractivity contribution in [1.82, 2.24) is 9.55 Å². The van der Waals surface area contributed by atoms with Crippen molar-refractivity contribution in [2.24, 2.45) is 0 Å². The number of Topliss-reactive ketones (excluding diaryl/α,β-unsaturated/α-hetero) is 1. The van der Waals surface area contributed by atoms with Gasteiger partial charge in [0.2, 0.25) is 5.95 Å². The van der Waals surface area contributed by atoms with E-state index in [9.17, 15) is 4.79 Å². The van der Waals surface area contributed by atoms with E-state index in [-0.39, 0.29) is 18.9 Å². The maximum Gasteiger partial charge on any atom is 0.204 e. The van der Waals surface area contributed by atoms with Crippen LogP contribution in [0.3, 0.4) is 0 Å². The molecule has 3 rings (SSSR count). The van der Waals surface area contributed by atoms with Crippen LogP contribution in [0.4, 0.5) is 5.95 Å². The first-order chi connectivity index (χ1) is 11.6. The largest absolute Gasteiger partial charge is 0.395 e. The summed E-state index contributed by atoms with van der Waals surface area (Å²) in [6.45, 7) is 4.70. The van der Waals surface area contributed by atoms with Gasteiger partial charge in [-0.1, -0.05) is 30.3 Å². The minimum atomic E-state index is 0.00783. The average Bonchev–Trinajstić information content (AvgIpc) is 2.91. The first-order valence-electron chi connectivity index (χ1n) is 8.00. The Morgan fingerprint density at radius 1 is 1.17 bits per heavy atom. The van der Waals surface area contributed by atoms with Crippen molar-refractivity contribution in [3.8, 4) is 0 Å². The summed E-state index contributed by atoms with van der Waals surface area (Å²) in [5, 5.41) is 12.2. The highest BCUT2D eigenvalue weighted by molar-refractivity contribution is 5.97. The first kappa shape index (κ1) is 16.2. The minimum absolute atomic E-state index is 0.00783. The van der Waals surface area contributed by atoms with Crippen molar-refractivity contribution >= 4 is 22.8 Å². The second-order valence-corrected chi connectivity index (χ2v) is 5.89. The molecule has 0 atom stereocenters. The van der Waals surface area contributed by atoms with E-state index in [0.717, 1.165) is 22.2 Å². The maximum absolute atomic E-state index is 12.6. The molecule has 124 valence electrons. The molecule has 0 saturated heterocycles. The predicted molar refractivity (Wildman–Crippen MR) is 95.6 cm³/mol. The lowest BCUT2D eigenvalue weighted by molar-refractivity contribution is 0.0974. The van der Waals surface area contributed by atoms with Crippen molar-refractivity contribution in [3.05, 3.63) is 59.2 Å². The fourth-order valence-electron chi connectivity index (χ4n) is 2.70. The summed E-state index contributed by atoms with van der Waals surface area (Å²) in [4.78, 5) is 17.2. The molecule has 0 aliphatic carbocycles. The van der Waals surface area contributed by atoms with Gasteiger partial charge in [0.25, 0.3) is 0 Å². The minimum Gasteiger partial charge on any atom is -0.395 e. The molecule has 0 unspecified atom stereocenters. The molecule has 0 fully saturated rings. The van der Waals surface area contributed by atoms with Gasteiger partial charge < -0.3 is 15.0 Å². The van der Waals surface area contributed by atoms with Crippen molar-refractivity contribution in [1.29, 1.82) is 0 Å². The molecule has 5 nitrogen and oxygen atoms in total. The zero-order valence-corrected chi connectivity index (χ0v) is 13.9. The molecule has 1 aromatic heterocycles. The van der Waals surface area contributed by atoms with Crippen LogP contribution in [0.2, 0.25) is 0 Å². The molecular formula is C19H21N3O2. The van der Waals surface area contributed by atoms with Gasteiger partial charge in [-0.25, -0.2) is 4.98 Å². The second kappa shape index (κ2) is 6.84. The monoisotopic (exact) mass is 323 g/mol. The van der Waals surface area contributed by atoms with Crippen LogP contribution in [0.5, 0.6) is 0 Å². The number of hydrogen-bond donors (Lipinski definition) is 2. The molecule has 1 heterocycles. The Morgan fingerprint density at radius 3 is 2.58 bits per heavy atom. The Balaban J connectivity index is 2.03. The van der Waals surface area contributed by atoms with Crippen LogP contribution in [0.25, 0.3) is 11.0 Å². The number of imidazole rings is 1. The molecule has 5 heteroatoms. The molecule has 24 heavy (non-hydrogen) atoms. The van der Waals surface area contributed by atoms with Gasteiger partial charge in [-0.05, 0) is 37.1 Å². The Bertz CT molecular complexity index is 869. The number of aliphatic hydroxyl groups excluding tert-OH is 1. The predicted octanol–water partition coefficient (Wildman–Crippen LogP) is 2.94. The normalized spacial score (nSPS) is 11.0. The lowest BCUT2D eigenvalue weighted by atomic mass is 10.1. The maximum atomic E-state index is 12.6. The van der Waals surface area contributed by atoms with Crippen molar-refractivity contribution in [2.45, 2.75) is 20.4 Å². The van der Waals surface area contributed by atoms with Crippen LogP contribution < -0.4 is 5.32 Å². The van der Waals surface area contributed by atoms with Crippen LogP contribution in [0.1, 0.15) is 21.5 Å². The van der Waals surface area contributed by atoms with Crippen LogP contribution in [0.15, 0.2) is 42.5 Å². The molecule has 0 bridgehead atoms. The van der Waals surface area contributed by atoms with Gasteiger partial charge in [0.15, 0.2) is 5.78 Å². The molecule has 2 aromatic carbocycles. The van der Waals surface area contributed by atoms with Gasteiger partial charge in [-0.15, -0.1) is 0 Å². The topological polar surface area (TPSA) is 67.2 Å². The zero-order chi connectivity index (χ0) is 17.1. The quantitative estimate of drug-likeness (QED) is 0.685. The van der Waals surface area contributed by atoms with E-state index >= 15 is 0 Å². The third-order valence-electron chi connectivity index (χ3n) is 4.16. The SMILES string of the molecule is Cc1cc2nc(NCCO)n(CC(=O)c3ccccc3)c2cc1C. The standard InChI is InChI=1S/C19H21N3O2/c1-13-10-16-17(11-14(13)2)22(19(21-16)20-8-9-23)12-18(24)15-6-4-3-5-7-15/h3-7,10-11,23H,8-9,12H2,1-2H3,(H,20,21). The number of carbonyl (C=O) groups excluding carboxylic acids is 1. The fraction of sp³-hybridized carbons (Fsp3) is 0.263. The van der Waals surface area contributed by atoms with Gasteiger partial charge in [0.1, 0.15) is 0 Å². The van der Waals surface area contributed by atoms with E-state index in [0.29, 0.717) is 18.1 Å². The van der Waals surface area contributed by atoms with E-state index < -0.39 is 0 Å². The van der Waals surface area contributed by atoms with Gasteiger partial charge in [-0.2, -0.15) is 0 Å². The van der Waals surface area contributed by atoms with Gasteiger partial charge in [0.05, 0.1) is 24.2 Å². The smallest absolute Gasteiger partial charge is 0.204 e. The Kier molecular flexibility index (Phi) is 4.62. The highest BCUT2D eigenvalue weighted by Crippen LogP contribution is 2.24. The number of aromatic nitrogens is 2. The third-order valence-corrected chi connectivity index (χ3v) is 4.16. The van der Waals surface area contributed by atoms with Crippen LogP contribution in [-0.2, 0) is 6.54 Å². The lowest BCUT2D eigenvalue weighted by Crippen LogP contribution is -2.15. The van der Waals surface area contributed by atoms with Crippen LogP contribution >= 0.6 is 0 Å². The average molecular weight is 323 g/mol. The number of anilines is 1. The molecular weight excluding hydrogens is 302 g/mol. The van der Waals surface area contributed by atoms with Crippen molar-refractivity contribution < 1.29 is 9.90 Å². The number of benzene rings is 2. The first-order valence-corrected chi connectivity index (χ1v) is 8.00. The lowest BCUT2D eigenvalue weighted by Gasteiger charge is -2.10. The van der Waals surface area contributed by atoms with Gasteiger partial charge in [0, 0.05) is 12.1 Å². The van der Waals surface area contributed by atoms with Crippen LogP contribution in [-0.4, -0.2) is 33.6 Å². The van der Waals surface area contributed by atoms with Gasteiger partial charge >= 0.3 is 0 Å². The highest BCUT2D eigenvalue weighted by atomic mass is 16.3. The molecule has 3 aromatic rings. The summed E-state index contributed by atoms with van der Waals surface area (Å²) in [6.07, 6.45) is 0. The number of nitrogens with one attached hydrogen (secondary N) is 1. The van der Waals surface area contributed by atoms with E-state index in [4.69, 9.17) is 5.11 Å². The number of fused-ring (bicyclic) bond motifs is 1. The van der Waals surface area contributed by atoms with E-state index in [2.05, 4.69) is 16.4 Å². The summed E-state index contributed by atoms with van der Waals surface area (Å²) < 4.78 is 1.88. The number of nitrogens with zero attached hydrogens (tertiary/aromatic N) is 2. The zero-order valence-electron chi connectivity index (χ0n) is 13.9. The van der Waals surface area contributed by atoms with E-state index in [1.165, 1.54) is 0 Å². The van der Waals surface area contributed by atoms with E-state index in [1.54, 1.807) is 0 Å². The van der Waals surface area contributed by atoms with Crippen molar-refractivity contribution in [3.63, 3.8) is 0 Å². The van der Waals surface area contributed by atoms with Crippen molar-refractivity contribution in [2.75, 3.05) is 18.5 Å². The number of aliphatic hydroxyl groups is 1. The number of aryl methyl sites for hydroxylation is 2. The number of carbonyl (C=O) groups is 1. The Hall–Kier alpha value is -2.66. The molecule has 0 aliphatic heterocycles. The molecule has 2 N–H and O–H groups in total. The molecule has 0 aliphatic rings. The fourth-order valence-corrected chi connectivity index (χ4v) is 2.70. The summed E-state index contributed by atoms with van der Waals surface area (Å²) in [5.74, 6) is 0.633. The van der Waals surface area contributed by atoms with Crippen LogP contribution in [0, 0.1) is 13.8 Å². The number of hydrogen-bond acceptors (Lipinski definition) is 4. The Labute approximate surface area is 141 Å². The van der Waals surface area contributed by atoms with E-state index in [1.807, 2.05) is 54.8 Å². The summed E-state index contributed by atoms with van der Waals surface area (Å²) in [6, 6.07) is 13.3. The summed E-state index contributed by atoms with van der Waals surface area (Å²) in [5.41, 5.74) is 4.76. The Morgan fingerprint density at radius 2 is 1.88 bits per heavy atom. The summed E-state index contributed by atoms with van der Waals surface area (Å²) in [7, 11) is 0. The second-order valence-electron chi connectivity index (χ2n) is 5.89. The number of ketones is 1. The molecule has 0 saturated carbocycles. The summed E-state index contributed by atoms with van der Waals surface area (Å²) >= 11 is 0. The molecule has 0 amide bonds. The third kappa shape index (κ3) is 3.16. The molecule has 0 radical (unpaired) electrons.